The van der Waals surface area contributed by atoms with E-state index in [0.717, 1.165) is 0 Å². The van der Waals surface area contributed by atoms with E-state index in [9.17, 15) is 4.79 Å². The Morgan fingerprint density at radius 2 is 2.33 bits per heavy atom. The number of carbonyl (C=O) groups excluding carboxylic acids is 1. The Bertz CT molecular complexity index is 528. The number of rotatable bonds is 4. The summed E-state index contributed by atoms with van der Waals surface area (Å²) in [5.41, 5.74) is 0.208. The molecule has 1 N–H and O–H groups in total. The van der Waals surface area contributed by atoms with Gasteiger partial charge in [-0.05, 0) is 6.92 Å². The van der Waals surface area contributed by atoms with E-state index in [1.54, 1.807) is 12.5 Å². The SMILES string of the molecule is CC(Cn1ccnc1)NC(=O)c1cncc(Cl)n1. The highest BCUT2D eigenvalue weighted by atomic mass is 35.5. The van der Waals surface area contributed by atoms with E-state index in [2.05, 4.69) is 20.3 Å². The summed E-state index contributed by atoms with van der Waals surface area (Å²) in [6.45, 7) is 2.54. The molecule has 18 heavy (non-hydrogen) atoms. The highest BCUT2D eigenvalue weighted by Crippen LogP contribution is 2.03. The molecule has 94 valence electrons. The molecular formula is C11H12ClN5O. The fraction of sp³-hybridized carbons (Fsp3) is 0.273. The Morgan fingerprint density at radius 3 is 3.00 bits per heavy atom. The number of imidazole rings is 1. The van der Waals surface area contributed by atoms with Crippen LogP contribution in [0.25, 0.3) is 0 Å². The summed E-state index contributed by atoms with van der Waals surface area (Å²) in [4.78, 5) is 23.5. The molecule has 0 aliphatic rings. The van der Waals surface area contributed by atoms with Gasteiger partial charge in [0, 0.05) is 25.0 Å². The van der Waals surface area contributed by atoms with Gasteiger partial charge in [-0.25, -0.2) is 9.97 Å². The molecule has 7 heteroatoms. The van der Waals surface area contributed by atoms with Gasteiger partial charge >= 0.3 is 0 Å². The highest BCUT2D eigenvalue weighted by Gasteiger charge is 2.12. The molecule has 1 atom stereocenters. The standard InChI is InChI=1S/C11H12ClN5O/c1-8(6-17-3-2-13-7-17)15-11(18)9-4-14-5-10(12)16-9/h2-5,7-8H,6H2,1H3,(H,15,18). The van der Waals surface area contributed by atoms with Gasteiger partial charge < -0.3 is 9.88 Å². The third-order valence-electron chi connectivity index (χ3n) is 2.26. The fourth-order valence-corrected chi connectivity index (χ4v) is 1.65. The van der Waals surface area contributed by atoms with Crippen LogP contribution in [0.3, 0.4) is 0 Å². The lowest BCUT2D eigenvalue weighted by Gasteiger charge is -2.13. The minimum absolute atomic E-state index is 0.0486. The second kappa shape index (κ2) is 5.59. The summed E-state index contributed by atoms with van der Waals surface area (Å²) in [5, 5.41) is 3.01. The van der Waals surface area contributed by atoms with Crippen LogP contribution in [-0.4, -0.2) is 31.5 Å². The lowest BCUT2D eigenvalue weighted by Crippen LogP contribution is -2.36. The van der Waals surface area contributed by atoms with Crippen molar-refractivity contribution in [2.24, 2.45) is 0 Å². The molecule has 0 aliphatic heterocycles. The third kappa shape index (κ3) is 3.27. The van der Waals surface area contributed by atoms with Gasteiger partial charge in [-0.2, -0.15) is 0 Å². The first-order valence-corrected chi connectivity index (χ1v) is 5.77. The molecule has 2 aromatic rings. The molecule has 6 nitrogen and oxygen atoms in total. The molecular weight excluding hydrogens is 254 g/mol. The molecule has 2 rings (SSSR count). The van der Waals surface area contributed by atoms with Crippen LogP contribution in [0.15, 0.2) is 31.1 Å². The van der Waals surface area contributed by atoms with Crippen LogP contribution in [0.4, 0.5) is 0 Å². The van der Waals surface area contributed by atoms with Crippen LogP contribution in [0.1, 0.15) is 17.4 Å². The number of hydrogen-bond donors (Lipinski definition) is 1. The normalized spacial score (nSPS) is 12.1. The number of aromatic nitrogens is 4. The maximum atomic E-state index is 11.8. The zero-order valence-electron chi connectivity index (χ0n) is 9.75. The molecule has 0 saturated heterocycles. The maximum Gasteiger partial charge on any atom is 0.271 e. The van der Waals surface area contributed by atoms with Gasteiger partial charge in [0.1, 0.15) is 10.8 Å². The summed E-state index contributed by atoms with van der Waals surface area (Å²) >= 11 is 5.67. The quantitative estimate of drug-likeness (QED) is 0.900. The van der Waals surface area contributed by atoms with Gasteiger partial charge in [0.15, 0.2) is 0 Å². The predicted octanol–water partition coefficient (Wildman–Crippen LogP) is 1.14. The van der Waals surface area contributed by atoms with Gasteiger partial charge in [-0.3, -0.25) is 9.78 Å². The summed E-state index contributed by atoms with van der Waals surface area (Å²) in [7, 11) is 0. The second-order valence-corrected chi connectivity index (χ2v) is 4.25. The Kier molecular flexibility index (Phi) is 3.88. The van der Waals surface area contributed by atoms with Crippen molar-refractivity contribution < 1.29 is 4.79 Å². The van der Waals surface area contributed by atoms with Gasteiger partial charge in [-0.15, -0.1) is 0 Å². The lowest BCUT2D eigenvalue weighted by atomic mass is 10.3. The topological polar surface area (TPSA) is 72.7 Å². The van der Waals surface area contributed by atoms with Gasteiger partial charge in [0.2, 0.25) is 0 Å². The summed E-state index contributed by atoms with van der Waals surface area (Å²) in [6.07, 6.45) is 7.99. The van der Waals surface area contributed by atoms with Crippen molar-refractivity contribution in [2.45, 2.75) is 19.5 Å². The van der Waals surface area contributed by atoms with E-state index in [0.29, 0.717) is 6.54 Å². The molecule has 0 aromatic carbocycles. The van der Waals surface area contributed by atoms with Gasteiger partial charge in [0.25, 0.3) is 5.91 Å². The van der Waals surface area contributed by atoms with Crippen LogP contribution in [0, 0.1) is 0 Å². The van der Waals surface area contributed by atoms with Crippen molar-refractivity contribution >= 4 is 17.5 Å². The molecule has 0 radical (unpaired) electrons. The summed E-state index contributed by atoms with van der Waals surface area (Å²) < 4.78 is 1.88. The Hall–Kier alpha value is -1.95. The van der Waals surface area contributed by atoms with E-state index in [4.69, 9.17) is 11.6 Å². The van der Waals surface area contributed by atoms with E-state index >= 15 is 0 Å². The first-order chi connectivity index (χ1) is 8.65. The number of amides is 1. The second-order valence-electron chi connectivity index (χ2n) is 3.86. The monoisotopic (exact) mass is 265 g/mol. The zero-order valence-corrected chi connectivity index (χ0v) is 10.5. The van der Waals surface area contributed by atoms with E-state index in [-0.39, 0.29) is 22.8 Å². The van der Waals surface area contributed by atoms with Gasteiger partial charge in [0.05, 0.1) is 18.7 Å². The van der Waals surface area contributed by atoms with Crippen LogP contribution in [-0.2, 0) is 6.54 Å². The largest absolute Gasteiger partial charge is 0.346 e. The van der Waals surface area contributed by atoms with Crippen molar-refractivity contribution in [3.05, 3.63) is 42.0 Å². The van der Waals surface area contributed by atoms with E-state index < -0.39 is 0 Å². The molecule has 2 aromatic heterocycles. The highest BCUT2D eigenvalue weighted by molar-refractivity contribution is 6.29. The number of nitrogens with zero attached hydrogens (tertiary/aromatic N) is 4. The number of hydrogen-bond acceptors (Lipinski definition) is 4. The fourth-order valence-electron chi connectivity index (χ4n) is 1.51. The van der Waals surface area contributed by atoms with Crippen molar-refractivity contribution in [1.29, 1.82) is 0 Å². The number of nitrogens with one attached hydrogen (secondary N) is 1. The maximum absolute atomic E-state index is 11.8. The molecule has 0 spiro atoms. The van der Waals surface area contributed by atoms with Crippen LogP contribution < -0.4 is 5.32 Å². The van der Waals surface area contributed by atoms with Crippen LogP contribution >= 0.6 is 11.6 Å². The minimum atomic E-state index is -0.294. The van der Waals surface area contributed by atoms with Crippen LogP contribution in [0.5, 0.6) is 0 Å². The minimum Gasteiger partial charge on any atom is -0.346 e. The first kappa shape index (κ1) is 12.5. The van der Waals surface area contributed by atoms with Crippen LogP contribution in [0.2, 0.25) is 5.15 Å². The van der Waals surface area contributed by atoms with E-state index in [1.165, 1.54) is 12.4 Å². The first-order valence-electron chi connectivity index (χ1n) is 5.39. The van der Waals surface area contributed by atoms with Crippen molar-refractivity contribution in [1.82, 2.24) is 24.8 Å². The van der Waals surface area contributed by atoms with Crippen molar-refractivity contribution in [2.75, 3.05) is 0 Å². The summed E-state index contributed by atoms with van der Waals surface area (Å²) in [5.74, 6) is -0.294. The molecule has 1 amide bonds. The zero-order chi connectivity index (χ0) is 13.0. The Morgan fingerprint density at radius 1 is 1.50 bits per heavy atom. The smallest absolute Gasteiger partial charge is 0.271 e. The van der Waals surface area contributed by atoms with E-state index in [1.807, 2.05) is 17.7 Å². The van der Waals surface area contributed by atoms with Crippen molar-refractivity contribution in [3.8, 4) is 0 Å². The number of carbonyl (C=O) groups is 1. The predicted molar refractivity (Wildman–Crippen MR) is 66.2 cm³/mol. The Labute approximate surface area is 109 Å². The number of halogens is 1. The summed E-state index contributed by atoms with van der Waals surface area (Å²) in [6, 6.07) is -0.0486. The van der Waals surface area contributed by atoms with Gasteiger partial charge in [-0.1, -0.05) is 11.6 Å². The average molecular weight is 266 g/mol. The third-order valence-corrected chi connectivity index (χ3v) is 2.44. The molecule has 0 bridgehead atoms. The molecule has 0 aliphatic carbocycles. The Balaban J connectivity index is 1.95. The molecule has 0 saturated carbocycles. The lowest BCUT2D eigenvalue weighted by molar-refractivity contribution is 0.0931. The van der Waals surface area contributed by atoms with Crippen molar-refractivity contribution in [3.63, 3.8) is 0 Å². The molecule has 1 unspecified atom stereocenters. The molecule has 0 fully saturated rings. The molecule has 2 heterocycles. The average Bonchev–Trinajstić information content (AvgIpc) is 2.81.